The largest absolute Gasteiger partial charge is 0.466 e. The number of hydrogen-bond donors (Lipinski definition) is 0. The highest BCUT2D eigenvalue weighted by molar-refractivity contribution is 5.88. The van der Waals surface area contributed by atoms with Gasteiger partial charge in [-0.25, -0.2) is 4.79 Å². The number of carbonyl (C=O) groups is 3. The van der Waals surface area contributed by atoms with Crippen molar-refractivity contribution in [3.63, 3.8) is 0 Å². The Hall–Kier alpha value is -2.11. The molecule has 0 radical (unpaired) electrons. The second kappa shape index (κ2) is 8.28. The molecule has 0 spiro atoms. The molecule has 2 aliphatic carbocycles. The quantitative estimate of drug-likeness (QED) is 0.315. The first-order valence-corrected chi connectivity index (χ1v) is 9.46. The van der Waals surface area contributed by atoms with E-state index in [-0.39, 0.29) is 29.4 Å². The summed E-state index contributed by atoms with van der Waals surface area (Å²) in [5.74, 6) is -1.43. The highest BCUT2D eigenvalue weighted by Crippen LogP contribution is 2.53. The van der Waals surface area contributed by atoms with E-state index in [1.165, 1.54) is 19.6 Å². The molecule has 1 saturated carbocycles. The summed E-state index contributed by atoms with van der Waals surface area (Å²) in [7, 11) is 1.31. The third kappa shape index (κ3) is 4.42. The number of methoxy groups -OCH3 is 1. The van der Waals surface area contributed by atoms with Crippen LogP contribution >= 0.6 is 0 Å². The lowest BCUT2D eigenvalue weighted by molar-refractivity contribution is -0.154. The van der Waals surface area contributed by atoms with Gasteiger partial charge in [0.15, 0.2) is 0 Å². The van der Waals surface area contributed by atoms with Crippen molar-refractivity contribution in [2.45, 2.75) is 72.0 Å². The summed E-state index contributed by atoms with van der Waals surface area (Å²) in [5, 5.41) is 0. The molecular formula is C21H30O6. The van der Waals surface area contributed by atoms with Gasteiger partial charge in [0.1, 0.15) is 12.2 Å². The smallest absolute Gasteiger partial charge is 0.333 e. The van der Waals surface area contributed by atoms with Crippen LogP contribution in [0.15, 0.2) is 23.3 Å². The molecule has 0 bridgehead atoms. The summed E-state index contributed by atoms with van der Waals surface area (Å²) in [6.07, 6.45) is 2.39. The minimum absolute atomic E-state index is 0.160. The van der Waals surface area contributed by atoms with Crippen molar-refractivity contribution in [2.75, 3.05) is 7.11 Å². The number of fused-ring (bicyclic) bond motifs is 1. The van der Waals surface area contributed by atoms with Gasteiger partial charge in [0, 0.05) is 24.8 Å². The fourth-order valence-electron chi connectivity index (χ4n) is 4.41. The second-order valence-electron chi connectivity index (χ2n) is 7.77. The van der Waals surface area contributed by atoms with Crippen LogP contribution in [-0.4, -0.2) is 37.2 Å². The Bertz CT molecular complexity index is 676. The van der Waals surface area contributed by atoms with Crippen molar-refractivity contribution >= 4 is 17.9 Å². The fourth-order valence-corrected chi connectivity index (χ4v) is 4.41. The average molecular weight is 378 g/mol. The maximum absolute atomic E-state index is 12.1. The lowest BCUT2D eigenvalue weighted by Crippen LogP contribution is -2.45. The summed E-state index contributed by atoms with van der Waals surface area (Å²) in [4.78, 5) is 35.4. The Morgan fingerprint density at radius 3 is 2.48 bits per heavy atom. The van der Waals surface area contributed by atoms with Crippen LogP contribution in [0.5, 0.6) is 0 Å². The third-order valence-electron chi connectivity index (χ3n) is 5.95. The van der Waals surface area contributed by atoms with Gasteiger partial charge in [0.25, 0.3) is 0 Å². The van der Waals surface area contributed by atoms with Crippen LogP contribution in [0.25, 0.3) is 0 Å². The molecule has 0 aromatic rings. The predicted octanol–water partition coefficient (Wildman–Crippen LogP) is 3.50. The van der Waals surface area contributed by atoms with Crippen LogP contribution in [0.4, 0.5) is 0 Å². The topological polar surface area (TPSA) is 78.9 Å². The van der Waals surface area contributed by atoms with Gasteiger partial charge in [-0.3, -0.25) is 9.59 Å². The Morgan fingerprint density at radius 2 is 1.93 bits per heavy atom. The number of esters is 3. The number of carbonyl (C=O) groups excluding carboxylic acids is 3. The first-order chi connectivity index (χ1) is 12.6. The molecule has 4 atom stereocenters. The maximum Gasteiger partial charge on any atom is 0.333 e. The Balaban J connectivity index is 2.38. The van der Waals surface area contributed by atoms with E-state index in [4.69, 9.17) is 14.2 Å². The van der Waals surface area contributed by atoms with Gasteiger partial charge in [-0.15, -0.1) is 0 Å². The second-order valence-corrected chi connectivity index (χ2v) is 7.77. The molecule has 0 saturated heterocycles. The molecule has 0 amide bonds. The van der Waals surface area contributed by atoms with E-state index in [0.717, 1.165) is 18.4 Å². The average Bonchev–Trinajstić information content (AvgIpc) is 2.62. The Morgan fingerprint density at radius 1 is 1.26 bits per heavy atom. The third-order valence-corrected chi connectivity index (χ3v) is 5.95. The highest BCUT2D eigenvalue weighted by atomic mass is 16.5. The van der Waals surface area contributed by atoms with Gasteiger partial charge >= 0.3 is 17.9 Å². The molecule has 0 unspecified atom stereocenters. The summed E-state index contributed by atoms with van der Waals surface area (Å²) < 4.78 is 16.0. The van der Waals surface area contributed by atoms with E-state index < -0.39 is 12.1 Å². The van der Waals surface area contributed by atoms with Gasteiger partial charge in [0.05, 0.1) is 7.11 Å². The van der Waals surface area contributed by atoms with E-state index in [1.54, 1.807) is 6.92 Å². The lowest BCUT2D eigenvalue weighted by atomic mass is 9.59. The van der Waals surface area contributed by atoms with E-state index >= 15 is 0 Å². The molecule has 2 aliphatic rings. The molecule has 6 heteroatoms. The first kappa shape index (κ1) is 21.2. The van der Waals surface area contributed by atoms with Crippen LogP contribution in [0.1, 0.15) is 59.8 Å². The zero-order chi connectivity index (χ0) is 20.4. The van der Waals surface area contributed by atoms with Crippen molar-refractivity contribution in [1.82, 2.24) is 0 Å². The lowest BCUT2D eigenvalue weighted by Gasteiger charge is -2.48. The molecule has 6 nitrogen and oxygen atoms in total. The fraction of sp³-hybridized carbons (Fsp3) is 0.667. The molecule has 0 aromatic carbocycles. The molecule has 0 N–H and O–H groups in total. The molecule has 0 heterocycles. The van der Waals surface area contributed by atoms with Crippen LogP contribution in [-0.2, 0) is 28.6 Å². The summed E-state index contributed by atoms with van der Waals surface area (Å²) in [6, 6.07) is 0. The summed E-state index contributed by atoms with van der Waals surface area (Å²) in [6.45, 7) is 11.2. The van der Waals surface area contributed by atoms with Crippen molar-refractivity contribution < 1.29 is 28.6 Å². The van der Waals surface area contributed by atoms with E-state index in [0.29, 0.717) is 24.8 Å². The van der Waals surface area contributed by atoms with E-state index in [2.05, 4.69) is 13.5 Å². The molecule has 150 valence electrons. The van der Waals surface area contributed by atoms with Gasteiger partial charge in [-0.2, -0.15) is 0 Å². The summed E-state index contributed by atoms with van der Waals surface area (Å²) >= 11 is 0. The number of rotatable bonds is 5. The van der Waals surface area contributed by atoms with Gasteiger partial charge in [0.2, 0.25) is 0 Å². The molecule has 0 aliphatic heterocycles. The van der Waals surface area contributed by atoms with Gasteiger partial charge < -0.3 is 14.2 Å². The maximum atomic E-state index is 12.1. The number of ether oxygens (including phenoxy) is 3. The minimum atomic E-state index is -0.497. The van der Waals surface area contributed by atoms with Gasteiger partial charge in [-0.05, 0) is 43.6 Å². The first-order valence-electron chi connectivity index (χ1n) is 9.46. The van der Waals surface area contributed by atoms with Gasteiger partial charge in [-0.1, -0.05) is 26.0 Å². The van der Waals surface area contributed by atoms with Crippen LogP contribution in [0, 0.1) is 11.3 Å². The number of allylic oxidation sites excluding steroid dienone is 1. The zero-order valence-corrected chi connectivity index (χ0v) is 16.9. The predicted molar refractivity (Wildman–Crippen MR) is 99.6 cm³/mol. The molecular weight excluding hydrogens is 348 g/mol. The van der Waals surface area contributed by atoms with Crippen molar-refractivity contribution in [2.24, 2.45) is 11.3 Å². The van der Waals surface area contributed by atoms with E-state index in [1.807, 2.05) is 6.92 Å². The standard InChI is InChI=1S/C21H30O6/c1-7-19(23)27-17-8-9-21(5)11-18(26-14(4)22)15(10-16(21)13(17)3)12(2)20(24)25-6/h15,17-18H,2,7-11H2,1,3-6H3/t15-,17+,18-,21-/m1/s1. The highest BCUT2D eigenvalue weighted by Gasteiger charge is 2.48. The number of hydrogen-bond acceptors (Lipinski definition) is 6. The Labute approximate surface area is 160 Å². The normalized spacial score (nSPS) is 30.2. The van der Waals surface area contributed by atoms with Crippen molar-refractivity contribution in [1.29, 1.82) is 0 Å². The SMILES string of the molecule is C=C(C(=O)OC)[C@H]1CC2=C(C)[C@@H](OC(=O)CC)CC[C@]2(C)C[C@H]1OC(C)=O. The van der Waals surface area contributed by atoms with Crippen LogP contribution in [0.2, 0.25) is 0 Å². The van der Waals surface area contributed by atoms with E-state index in [9.17, 15) is 14.4 Å². The summed E-state index contributed by atoms with van der Waals surface area (Å²) in [5.41, 5.74) is 2.35. The zero-order valence-electron chi connectivity index (χ0n) is 16.9. The monoisotopic (exact) mass is 378 g/mol. The molecule has 2 rings (SSSR count). The molecule has 0 aromatic heterocycles. The van der Waals surface area contributed by atoms with Crippen LogP contribution < -0.4 is 0 Å². The Kier molecular flexibility index (Phi) is 6.50. The van der Waals surface area contributed by atoms with Crippen molar-refractivity contribution in [3.05, 3.63) is 23.3 Å². The molecule has 1 fully saturated rings. The van der Waals surface area contributed by atoms with Crippen LogP contribution in [0.3, 0.4) is 0 Å². The van der Waals surface area contributed by atoms with Crippen molar-refractivity contribution in [3.8, 4) is 0 Å². The minimum Gasteiger partial charge on any atom is -0.466 e. The molecule has 27 heavy (non-hydrogen) atoms.